The van der Waals surface area contributed by atoms with Gasteiger partial charge in [-0.05, 0) is 30.4 Å². The first-order valence-corrected chi connectivity index (χ1v) is 8.17. The van der Waals surface area contributed by atoms with E-state index >= 15 is 0 Å². The molecule has 1 unspecified atom stereocenters. The Labute approximate surface area is 144 Å². The molecule has 2 heterocycles. The first-order chi connectivity index (χ1) is 11.6. The zero-order valence-corrected chi connectivity index (χ0v) is 14.6. The molecule has 1 saturated heterocycles. The van der Waals surface area contributed by atoms with Gasteiger partial charge >= 0.3 is 6.18 Å². The molecule has 0 saturated carbocycles. The third-order valence-corrected chi connectivity index (χ3v) is 3.61. The van der Waals surface area contributed by atoms with E-state index in [4.69, 9.17) is 9.47 Å². The van der Waals surface area contributed by atoms with Gasteiger partial charge in [0.1, 0.15) is 17.9 Å². The van der Waals surface area contributed by atoms with Crippen LogP contribution in [0.4, 0.5) is 13.2 Å². The van der Waals surface area contributed by atoms with Crippen LogP contribution in [-0.2, 0) is 10.9 Å². The maximum Gasteiger partial charge on any atom is 0.421 e. The molecule has 140 valence electrons. The highest BCUT2D eigenvalue weighted by Gasteiger charge is 2.36. The summed E-state index contributed by atoms with van der Waals surface area (Å²) in [7, 11) is 0. The van der Waals surface area contributed by atoms with Crippen LogP contribution in [0.5, 0.6) is 5.88 Å². The molecule has 0 bridgehead atoms. The van der Waals surface area contributed by atoms with Crippen molar-refractivity contribution in [3.63, 3.8) is 0 Å². The largest absolute Gasteiger partial charge is 0.474 e. The minimum atomic E-state index is -4.61. The van der Waals surface area contributed by atoms with Gasteiger partial charge in [0.15, 0.2) is 0 Å². The molecular weight excluding hydrogens is 337 g/mol. The molecule has 5 nitrogen and oxygen atoms in total. The summed E-state index contributed by atoms with van der Waals surface area (Å²) in [5.74, 6) is -1.13. The van der Waals surface area contributed by atoms with Crippen molar-refractivity contribution in [2.75, 3.05) is 19.8 Å². The lowest BCUT2D eigenvalue weighted by Gasteiger charge is -2.19. The summed E-state index contributed by atoms with van der Waals surface area (Å²) in [4.78, 5) is 15.9. The summed E-state index contributed by atoms with van der Waals surface area (Å²) in [5.41, 5.74) is -1.27. The lowest BCUT2D eigenvalue weighted by atomic mass is 9.97. The monoisotopic (exact) mass is 360 g/mol. The second kappa shape index (κ2) is 7.59. The number of alkyl halides is 3. The highest BCUT2D eigenvalue weighted by molar-refractivity contribution is 5.92. The minimum Gasteiger partial charge on any atom is -0.474 e. The van der Waals surface area contributed by atoms with Crippen LogP contribution in [0.25, 0.3) is 0 Å². The van der Waals surface area contributed by atoms with Gasteiger partial charge in [-0.2, -0.15) is 13.2 Å². The predicted octanol–water partition coefficient (Wildman–Crippen LogP) is 3.43. The molecule has 1 aliphatic heterocycles. The van der Waals surface area contributed by atoms with E-state index in [1.54, 1.807) is 0 Å². The van der Waals surface area contributed by atoms with Gasteiger partial charge in [0.05, 0.1) is 6.10 Å². The smallest absolute Gasteiger partial charge is 0.421 e. The molecule has 25 heavy (non-hydrogen) atoms. The Bertz CT molecular complexity index is 606. The molecule has 1 aromatic rings. The topological polar surface area (TPSA) is 60.5 Å². The average molecular weight is 360 g/mol. The number of hydrogen-bond donors (Lipinski definition) is 1. The summed E-state index contributed by atoms with van der Waals surface area (Å²) < 4.78 is 50.0. The highest BCUT2D eigenvalue weighted by Crippen LogP contribution is 2.35. The van der Waals surface area contributed by atoms with Crippen molar-refractivity contribution in [3.05, 3.63) is 23.4 Å². The third-order valence-electron chi connectivity index (χ3n) is 3.61. The number of halogens is 3. The normalized spacial score (nSPS) is 18.2. The molecule has 0 radical (unpaired) electrons. The Morgan fingerprint density at radius 1 is 1.36 bits per heavy atom. The first-order valence-electron chi connectivity index (χ1n) is 8.17. The molecule has 1 N–H and O–H groups in total. The second-order valence-electron chi connectivity index (χ2n) is 7.24. The Hall–Kier alpha value is -1.83. The maximum absolute atomic E-state index is 13.1. The van der Waals surface area contributed by atoms with Gasteiger partial charge in [0.2, 0.25) is 5.88 Å². The van der Waals surface area contributed by atoms with Crippen LogP contribution >= 0.6 is 0 Å². The number of carbonyl (C=O) groups is 1. The van der Waals surface area contributed by atoms with Crippen LogP contribution in [-0.4, -0.2) is 36.8 Å². The number of pyridine rings is 1. The van der Waals surface area contributed by atoms with E-state index in [0.717, 1.165) is 25.0 Å². The molecule has 2 rings (SSSR count). The quantitative estimate of drug-likeness (QED) is 0.874. The fraction of sp³-hybridized carbons (Fsp3) is 0.647. The van der Waals surface area contributed by atoms with Crippen molar-refractivity contribution in [1.29, 1.82) is 0 Å². The van der Waals surface area contributed by atoms with Gasteiger partial charge in [-0.15, -0.1) is 0 Å². The second-order valence-corrected chi connectivity index (χ2v) is 7.24. The predicted molar refractivity (Wildman–Crippen MR) is 85.5 cm³/mol. The number of nitrogens with zero attached hydrogens (tertiary/aromatic N) is 1. The van der Waals surface area contributed by atoms with Crippen LogP contribution in [0.1, 0.15) is 49.7 Å². The van der Waals surface area contributed by atoms with Crippen molar-refractivity contribution < 1.29 is 27.4 Å². The molecule has 1 amide bonds. The van der Waals surface area contributed by atoms with Crippen molar-refractivity contribution in [2.45, 2.75) is 45.9 Å². The van der Waals surface area contributed by atoms with E-state index < -0.39 is 23.5 Å². The van der Waals surface area contributed by atoms with Crippen LogP contribution in [0.3, 0.4) is 0 Å². The number of rotatable bonds is 5. The van der Waals surface area contributed by atoms with Crippen molar-refractivity contribution in [2.24, 2.45) is 5.41 Å². The summed E-state index contributed by atoms with van der Waals surface area (Å²) >= 11 is 0. The Morgan fingerprint density at radius 2 is 2.08 bits per heavy atom. The summed E-state index contributed by atoms with van der Waals surface area (Å²) in [6.45, 7) is 6.73. The number of amides is 1. The number of carbonyl (C=O) groups excluding carboxylic acids is 1. The molecule has 1 aliphatic rings. The number of aromatic nitrogens is 1. The molecule has 8 heteroatoms. The molecule has 1 atom stereocenters. The van der Waals surface area contributed by atoms with Gasteiger partial charge in [-0.1, -0.05) is 20.8 Å². The van der Waals surface area contributed by atoms with Crippen molar-refractivity contribution in [1.82, 2.24) is 10.3 Å². The summed E-state index contributed by atoms with van der Waals surface area (Å²) in [5, 5.41) is 2.66. The van der Waals surface area contributed by atoms with Gasteiger partial charge in [0.25, 0.3) is 5.91 Å². The fourth-order valence-electron chi connectivity index (χ4n) is 2.28. The lowest BCUT2D eigenvalue weighted by Crippen LogP contribution is -2.33. The molecule has 0 aliphatic carbocycles. The fourth-order valence-corrected chi connectivity index (χ4v) is 2.28. The standard InChI is InChI=1S/C17H23F3N2O3/c1-16(2,3)10-21-14(23)13-7-6-12(17(18,19)20)15(22-13)25-9-11-5-4-8-24-11/h6-7,11H,4-5,8-10H2,1-3H3,(H,21,23). The SMILES string of the molecule is CC(C)(C)CNC(=O)c1ccc(C(F)(F)F)c(OCC2CCCO2)n1. The van der Waals surface area contributed by atoms with E-state index in [0.29, 0.717) is 13.2 Å². The van der Waals surface area contributed by atoms with Crippen molar-refractivity contribution >= 4 is 5.91 Å². The van der Waals surface area contributed by atoms with E-state index in [2.05, 4.69) is 10.3 Å². The lowest BCUT2D eigenvalue weighted by molar-refractivity contribution is -0.139. The van der Waals surface area contributed by atoms with Crippen LogP contribution in [0, 0.1) is 5.41 Å². The first kappa shape index (κ1) is 19.5. The molecule has 0 aromatic carbocycles. The van der Waals surface area contributed by atoms with E-state index in [9.17, 15) is 18.0 Å². The third kappa shape index (κ3) is 5.88. The van der Waals surface area contributed by atoms with Crippen molar-refractivity contribution in [3.8, 4) is 5.88 Å². The van der Waals surface area contributed by atoms with Crippen LogP contribution in [0.2, 0.25) is 0 Å². The molecule has 1 aromatic heterocycles. The number of hydrogen-bond acceptors (Lipinski definition) is 4. The Morgan fingerprint density at radius 3 is 2.64 bits per heavy atom. The summed E-state index contributed by atoms with van der Waals surface area (Å²) in [6, 6.07) is 1.88. The number of ether oxygens (including phenoxy) is 2. The van der Waals surface area contributed by atoms with Gasteiger partial charge in [-0.3, -0.25) is 4.79 Å². The molecule has 1 fully saturated rings. The highest BCUT2D eigenvalue weighted by atomic mass is 19.4. The number of nitrogens with one attached hydrogen (secondary N) is 1. The van der Waals surface area contributed by atoms with Crippen LogP contribution in [0.15, 0.2) is 12.1 Å². The zero-order chi connectivity index (χ0) is 18.7. The zero-order valence-electron chi connectivity index (χ0n) is 14.6. The van der Waals surface area contributed by atoms with Gasteiger partial charge in [-0.25, -0.2) is 4.98 Å². The average Bonchev–Trinajstić information content (AvgIpc) is 3.02. The van der Waals surface area contributed by atoms with Gasteiger partial charge < -0.3 is 14.8 Å². The van der Waals surface area contributed by atoms with E-state index in [-0.39, 0.29) is 23.8 Å². The molecule has 0 spiro atoms. The summed E-state index contributed by atoms with van der Waals surface area (Å²) in [6.07, 6.45) is -3.28. The van der Waals surface area contributed by atoms with E-state index in [1.807, 2.05) is 20.8 Å². The van der Waals surface area contributed by atoms with E-state index in [1.165, 1.54) is 0 Å². The van der Waals surface area contributed by atoms with Gasteiger partial charge in [0, 0.05) is 13.2 Å². The maximum atomic E-state index is 13.1. The Kier molecular flexibility index (Phi) is 5.92. The Balaban J connectivity index is 2.16. The molecular formula is C17H23F3N2O3. The van der Waals surface area contributed by atoms with Crippen LogP contribution < -0.4 is 10.1 Å². The minimum absolute atomic E-state index is 0.0247.